The highest BCUT2D eigenvalue weighted by molar-refractivity contribution is 6.31. The van der Waals surface area contributed by atoms with Gasteiger partial charge >= 0.3 is 0 Å². The molecule has 2 aromatic rings. The summed E-state index contributed by atoms with van der Waals surface area (Å²) < 4.78 is 0. The van der Waals surface area contributed by atoms with Crippen LogP contribution in [0.15, 0.2) is 30.5 Å². The van der Waals surface area contributed by atoms with E-state index in [2.05, 4.69) is 24.1 Å². The topological polar surface area (TPSA) is 24.9 Å². The van der Waals surface area contributed by atoms with Crippen molar-refractivity contribution in [3.05, 3.63) is 35.5 Å². The molecule has 1 aromatic carbocycles. The molecule has 0 radical (unpaired) electrons. The summed E-state index contributed by atoms with van der Waals surface area (Å²) in [6.45, 7) is 4.44. The van der Waals surface area contributed by atoms with Crippen molar-refractivity contribution in [1.29, 1.82) is 0 Å². The maximum Gasteiger partial charge on any atom is 0.0934 e. The Kier molecular flexibility index (Phi) is 5.03. The second kappa shape index (κ2) is 6.76. The molecule has 2 rings (SSSR count). The van der Waals surface area contributed by atoms with Crippen LogP contribution in [-0.4, -0.2) is 11.0 Å². The van der Waals surface area contributed by atoms with Gasteiger partial charge in [-0.25, -0.2) is 0 Å². The molecule has 19 heavy (non-hydrogen) atoms. The van der Waals surface area contributed by atoms with Crippen LogP contribution < -0.4 is 5.32 Å². The summed E-state index contributed by atoms with van der Waals surface area (Å²) in [6.07, 6.45) is 6.55. The van der Waals surface area contributed by atoms with Gasteiger partial charge in [-0.1, -0.05) is 44.4 Å². The lowest BCUT2D eigenvalue weighted by molar-refractivity contribution is 0.587. The highest BCUT2D eigenvalue weighted by Crippen LogP contribution is 2.27. The Morgan fingerprint density at radius 2 is 1.95 bits per heavy atom. The molecule has 0 aliphatic rings. The van der Waals surface area contributed by atoms with Crippen LogP contribution in [0.5, 0.6) is 0 Å². The van der Waals surface area contributed by atoms with E-state index < -0.39 is 0 Å². The average molecular weight is 277 g/mol. The van der Waals surface area contributed by atoms with Crippen LogP contribution in [-0.2, 0) is 0 Å². The van der Waals surface area contributed by atoms with Crippen molar-refractivity contribution in [2.75, 3.05) is 5.32 Å². The van der Waals surface area contributed by atoms with E-state index in [1.165, 1.54) is 25.7 Å². The van der Waals surface area contributed by atoms with Crippen LogP contribution in [0.25, 0.3) is 10.9 Å². The van der Waals surface area contributed by atoms with E-state index in [0.717, 1.165) is 21.6 Å². The Balaban J connectivity index is 2.32. The van der Waals surface area contributed by atoms with Crippen LogP contribution in [0.4, 0.5) is 5.69 Å². The zero-order valence-electron chi connectivity index (χ0n) is 11.6. The molecule has 0 atom stereocenters. The molecule has 0 amide bonds. The van der Waals surface area contributed by atoms with Crippen LogP contribution in [0.1, 0.15) is 39.5 Å². The monoisotopic (exact) mass is 276 g/mol. The number of hydrogen-bond acceptors (Lipinski definition) is 2. The third-order valence-electron chi connectivity index (χ3n) is 3.30. The number of halogens is 1. The van der Waals surface area contributed by atoms with E-state index in [9.17, 15) is 0 Å². The molecule has 1 aromatic heterocycles. The molecule has 1 heterocycles. The van der Waals surface area contributed by atoms with Crippen molar-refractivity contribution < 1.29 is 0 Å². The Labute approximate surface area is 120 Å². The van der Waals surface area contributed by atoms with Crippen molar-refractivity contribution in [3.63, 3.8) is 0 Å². The predicted octanol–water partition coefficient (Wildman–Crippen LogP) is 5.27. The highest BCUT2D eigenvalue weighted by Gasteiger charge is 2.10. The number of anilines is 1. The summed E-state index contributed by atoms with van der Waals surface area (Å²) in [5.41, 5.74) is 2.05. The van der Waals surface area contributed by atoms with Gasteiger partial charge in [0.2, 0.25) is 0 Å². The van der Waals surface area contributed by atoms with Crippen molar-refractivity contribution in [3.8, 4) is 0 Å². The van der Waals surface area contributed by atoms with Gasteiger partial charge in [0, 0.05) is 22.6 Å². The van der Waals surface area contributed by atoms with Crippen LogP contribution in [0.2, 0.25) is 5.02 Å². The van der Waals surface area contributed by atoms with Crippen molar-refractivity contribution in [2.24, 2.45) is 0 Å². The second-order valence-electron chi connectivity index (χ2n) is 4.95. The lowest BCUT2D eigenvalue weighted by Crippen LogP contribution is -2.19. The molecule has 0 unspecified atom stereocenters. The van der Waals surface area contributed by atoms with Gasteiger partial charge in [-0.05, 0) is 31.0 Å². The van der Waals surface area contributed by atoms with Gasteiger partial charge in [-0.15, -0.1) is 0 Å². The number of fused-ring (bicyclic) bond motifs is 1. The summed E-state index contributed by atoms with van der Waals surface area (Å²) in [6, 6.07) is 8.43. The van der Waals surface area contributed by atoms with Gasteiger partial charge in [0.1, 0.15) is 0 Å². The van der Waals surface area contributed by atoms with Crippen LogP contribution in [0, 0.1) is 0 Å². The van der Waals surface area contributed by atoms with E-state index in [0.29, 0.717) is 6.04 Å². The number of nitrogens with zero attached hydrogens (tertiary/aromatic N) is 1. The van der Waals surface area contributed by atoms with Crippen molar-refractivity contribution in [1.82, 2.24) is 4.98 Å². The summed E-state index contributed by atoms with van der Waals surface area (Å²) >= 11 is 6.19. The number of hydrogen-bond donors (Lipinski definition) is 1. The average Bonchev–Trinajstić information content (AvgIpc) is 2.39. The fourth-order valence-corrected chi connectivity index (χ4v) is 2.70. The summed E-state index contributed by atoms with van der Waals surface area (Å²) in [5.74, 6) is 0. The molecule has 0 aliphatic heterocycles. The van der Waals surface area contributed by atoms with Gasteiger partial charge < -0.3 is 5.32 Å². The smallest absolute Gasteiger partial charge is 0.0934 e. The van der Waals surface area contributed by atoms with Gasteiger partial charge in [-0.2, -0.15) is 0 Å². The zero-order valence-corrected chi connectivity index (χ0v) is 12.4. The Bertz CT molecular complexity index is 533. The lowest BCUT2D eigenvalue weighted by atomic mass is 10.1. The summed E-state index contributed by atoms with van der Waals surface area (Å²) in [4.78, 5) is 4.47. The Morgan fingerprint density at radius 1 is 1.21 bits per heavy atom. The van der Waals surface area contributed by atoms with E-state index in [1.807, 2.05) is 30.5 Å². The molecule has 3 heteroatoms. The fourth-order valence-electron chi connectivity index (χ4n) is 2.47. The third kappa shape index (κ3) is 3.60. The SMILES string of the molecule is CCCC(CCC)Nc1cc(Cl)cc2cccnc12. The first-order valence-corrected chi connectivity index (χ1v) is 7.43. The van der Waals surface area contributed by atoms with E-state index >= 15 is 0 Å². The standard InChI is InChI=1S/C16H21ClN2/c1-3-6-14(7-4-2)19-15-11-13(17)10-12-8-5-9-18-16(12)15/h5,8-11,14,19H,3-4,6-7H2,1-2H3. The van der Waals surface area contributed by atoms with Crippen molar-refractivity contribution in [2.45, 2.75) is 45.6 Å². The Hall–Kier alpha value is -1.28. The first-order chi connectivity index (χ1) is 9.24. The van der Waals surface area contributed by atoms with Gasteiger partial charge in [0.05, 0.1) is 11.2 Å². The number of benzene rings is 1. The molecule has 0 aliphatic carbocycles. The largest absolute Gasteiger partial charge is 0.381 e. The Morgan fingerprint density at radius 3 is 2.63 bits per heavy atom. The molecule has 0 saturated heterocycles. The van der Waals surface area contributed by atoms with Gasteiger partial charge in [0.15, 0.2) is 0 Å². The molecular weight excluding hydrogens is 256 g/mol. The quantitative estimate of drug-likeness (QED) is 0.777. The molecular formula is C16H21ClN2. The minimum absolute atomic E-state index is 0.499. The minimum Gasteiger partial charge on any atom is -0.381 e. The van der Waals surface area contributed by atoms with E-state index in [4.69, 9.17) is 11.6 Å². The molecule has 0 spiro atoms. The second-order valence-corrected chi connectivity index (χ2v) is 5.38. The molecule has 0 fully saturated rings. The number of pyridine rings is 1. The number of nitrogens with one attached hydrogen (secondary N) is 1. The predicted molar refractivity (Wildman–Crippen MR) is 84.0 cm³/mol. The normalized spacial score (nSPS) is 11.2. The lowest BCUT2D eigenvalue weighted by Gasteiger charge is -2.20. The molecule has 0 saturated carbocycles. The zero-order chi connectivity index (χ0) is 13.7. The molecule has 1 N–H and O–H groups in total. The minimum atomic E-state index is 0.499. The maximum absolute atomic E-state index is 6.19. The van der Waals surface area contributed by atoms with E-state index in [1.54, 1.807) is 0 Å². The molecule has 0 bridgehead atoms. The van der Waals surface area contributed by atoms with E-state index in [-0.39, 0.29) is 0 Å². The maximum atomic E-state index is 6.19. The highest BCUT2D eigenvalue weighted by atomic mass is 35.5. The van der Waals surface area contributed by atoms with Crippen LogP contribution >= 0.6 is 11.6 Å². The summed E-state index contributed by atoms with van der Waals surface area (Å²) in [7, 11) is 0. The first kappa shape index (κ1) is 14.1. The van der Waals surface area contributed by atoms with Gasteiger partial charge in [0.25, 0.3) is 0 Å². The van der Waals surface area contributed by atoms with Crippen LogP contribution in [0.3, 0.4) is 0 Å². The fraction of sp³-hybridized carbons (Fsp3) is 0.438. The molecule has 2 nitrogen and oxygen atoms in total. The van der Waals surface area contributed by atoms with Crippen molar-refractivity contribution >= 4 is 28.2 Å². The number of rotatable bonds is 6. The summed E-state index contributed by atoms with van der Waals surface area (Å²) in [5, 5.41) is 5.46. The molecule has 102 valence electrons. The number of aromatic nitrogens is 1. The third-order valence-corrected chi connectivity index (χ3v) is 3.52. The first-order valence-electron chi connectivity index (χ1n) is 7.05. The van der Waals surface area contributed by atoms with Gasteiger partial charge in [-0.3, -0.25) is 4.98 Å².